The molecule has 2 aliphatic heterocycles. The number of rotatable bonds is 5. The van der Waals surface area contributed by atoms with Gasteiger partial charge in [0.15, 0.2) is 5.82 Å². The van der Waals surface area contributed by atoms with E-state index in [0.717, 1.165) is 36.8 Å². The highest BCUT2D eigenvalue weighted by molar-refractivity contribution is 5.79. The summed E-state index contributed by atoms with van der Waals surface area (Å²) in [6.45, 7) is 5.58. The van der Waals surface area contributed by atoms with Crippen LogP contribution >= 0.6 is 0 Å². The summed E-state index contributed by atoms with van der Waals surface area (Å²) in [5, 5.41) is 11.8. The molecule has 1 aromatic carbocycles. The van der Waals surface area contributed by atoms with Crippen LogP contribution < -0.4 is 10.2 Å². The smallest absolute Gasteiger partial charge is 0.236 e. The number of nitrogens with one attached hydrogen (secondary N) is 1. The molecule has 1 aliphatic carbocycles. The van der Waals surface area contributed by atoms with E-state index in [4.69, 9.17) is 0 Å². The molecule has 1 aromatic heterocycles. The maximum Gasteiger partial charge on any atom is 0.236 e. The van der Waals surface area contributed by atoms with Gasteiger partial charge >= 0.3 is 0 Å². The maximum absolute atomic E-state index is 14.3. The van der Waals surface area contributed by atoms with E-state index in [1.54, 1.807) is 0 Å². The van der Waals surface area contributed by atoms with Gasteiger partial charge in [-0.15, -0.1) is 5.10 Å². The van der Waals surface area contributed by atoms with Crippen molar-refractivity contribution in [3.05, 3.63) is 53.2 Å². The van der Waals surface area contributed by atoms with Crippen LogP contribution in [-0.4, -0.2) is 52.7 Å². The van der Waals surface area contributed by atoms with Gasteiger partial charge in [-0.05, 0) is 50.3 Å². The van der Waals surface area contributed by atoms with Crippen molar-refractivity contribution >= 4 is 11.7 Å². The van der Waals surface area contributed by atoms with Crippen molar-refractivity contribution in [1.29, 1.82) is 0 Å². The van der Waals surface area contributed by atoms with E-state index in [1.807, 2.05) is 24.0 Å². The first kappa shape index (κ1) is 20.3. The normalized spacial score (nSPS) is 26.3. The fourth-order valence-electron chi connectivity index (χ4n) is 5.22. The molecule has 8 heteroatoms. The molecule has 3 heterocycles. The third kappa shape index (κ3) is 3.67. The summed E-state index contributed by atoms with van der Waals surface area (Å²) < 4.78 is 27.5. The molecule has 2 aromatic rings. The first-order chi connectivity index (χ1) is 14.9. The highest BCUT2D eigenvalue weighted by Crippen LogP contribution is 2.46. The Bertz CT molecular complexity index is 994. The number of anilines is 1. The van der Waals surface area contributed by atoms with Crippen LogP contribution in [0.1, 0.15) is 37.4 Å². The van der Waals surface area contributed by atoms with Gasteiger partial charge < -0.3 is 9.80 Å². The van der Waals surface area contributed by atoms with E-state index in [1.165, 1.54) is 12.1 Å². The number of aromatic nitrogens is 2. The second-order valence-electron chi connectivity index (χ2n) is 9.23. The number of likely N-dealkylation sites (tertiary alicyclic amines) is 1. The molecule has 1 amide bonds. The number of nitrogens with zero attached hydrogens (tertiary/aromatic N) is 4. The fraction of sp³-hybridized carbons (Fsp3) is 0.522. The van der Waals surface area contributed by atoms with Crippen LogP contribution in [0, 0.1) is 24.5 Å². The molecule has 3 atom stereocenters. The average molecular weight is 427 g/mol. The number of hydrogen-bond donors (Lipinski definition) is 1. The molecule has 31 heavy (non-hydrogen) atoms. The van der Waals surface area contributed by atoms with Gasteiger partial charge in [0.25, 0.3) is 0 Å². The lowest BCUT2D eigenvalue weighted by atomic mass is 10.0. The first-order valence-corrected chi connectivity index (χ1v) is 10.9. The van der Waals surface area contributed by atoms with Gasteiger partial charge in [-0.1, -0.05) is 13.0 Å². The van der Waals surface area contributed by atoms with Crippen LogP contribution in [0.2, 0.25) is 0 Å². The lowest BCUT2D eigenvalue weighted by Gasteiger charge is -2.42. The molecular weight excluding hydrogens is 400 g/mol. The molecule has 3 fully saturated rings. The lowest BCUT2D eigenvalue weighted by Crippen LogP contribution is -2.58. The number of fused-ring (bicyclic) bond motifs is 2. The third-order valence-electron chi connectivity index (χ3n) is 7.07. The molecule has 2 saturated heterocycles. The van der Waals surface area contributed by atoms with E-state index < -0.39 is 17.2 Å². The Morgan fingerprint density at radius 2 is 2.00 bits per heavy atom. The number of carbonyl (C=O) groups is 1. The van der Waals surface area contributed by atoms with Crippen LogP contribution in [0.3, 0.4) is 0 Å². The van der Waals surface area contributed by atoms with Gasteiger partial charge in [-0.3, -0.25) is 10.1 Å². The summed E-state index contributed by atoms with van der Waals surface area (Å²) in [7, 11) is 0. The minimum Gasteiger partial charge on any atom is -0.345 e. The molecule has 3 aliphatic rings. The Hall–Kier alpha value is -2.61. The van der Waals surface area contributed by atoms with E-state index in [-0.39, 0.29) is 24.5 Å². The molecule has 5 rings (SSSR count). The van der Waals surface area contributed by atoms with E-state index in [2.05, 4.69) is 27.3 Å². The van der Waals surface area contributed by atoms with Gasteiger partial charge in [0.1, 0.15) is 11.6 Å². The SMILES string of the molecule is Cc1ccc(N2C3C[C@H](C)C2CN(C(=O)CNC2(c4ccc(F)cc4F)CC2)C3)nn1. The maximum atomic E-state index is 14.3. The van der Waals surface area contributed by atoms with Crippen molar-refractivity contribution in [2.24, 2.45) is 5.92 Å². The number of hydrogen-bond acceptors (Lipinski definition) is 5. The number of amides is 1. The third-order valence-corrected chi connectivity index (χ3v) is 7.07. The Kier molecular flexibility index (Phi) is 4.92. The van der Waals surface area contributed by atoms with Crippen molar-refractivity contribution in [2.45, 2.75) is 50.7 Å². The molecule has 0 spiro atoms. The first-order valence-electron chi connectivity index (χ1n) is 10.9. The summed E-state index contributed by atoms with van der Waals surface area (Å²) in [4.78, 5) is 17.3. The quantitative estimate of drug-likeness (QED) is 0.795. The minimum atomic E-state index is -0.589. The highest BCUT2D eigenvalue weighted by Gasteiger charge is 2.48. The van der Waals surface area contributed by atoms with Crippen LogP contribution in [0.5, 0.6) is 0 Å². The van der Waals surface area contributed by atoms with Crippen LogP contribution in [-0.2, 0) is 10.3 Å². The van der Waals surface area contributed by atoms with Gasteiger partial charge in [0.2, 0.25) is 5.91 Å². The molecule has 0 radical (unpaired) electrons. The molecule has 6 nitrogen and oxygen atoms in total. The summed E-state index contributed by atoms with van der Waals surface area (Å²) in [6.07, 6.45) is 2.50. The van der Waals surface area contributed by atoms with Gasteiger partial charge in [0, 0.05) is 36.3 Å². The summed E-state index contributed by atoms with van der Waals surface area (Å²) >= 11 is 0. The Morgan fingerprint density at radius 3 is 2.65 bits per heavy atom. The summed E-state index contributed by atoms with van der Waals surface area (Å²) in [5.41, 5.74) is 0.771. The van der Waals surface area contributed by atoms with Crippen molar-refractivity contribution in [1.82, 2.24) is 20.4 Å². The van der Waals surface area contributed by atoms with E-state index >= 15 is 0 Å². The Labute approximate surface area is 180 Å². The minimum absolute atomic E-state index is 0.0209. The molecule has 1 N–H and O–H groups in total. The zero-order valence-corrected chi connectivity index (χ0v) is 17.8. The van der Waals surface area contributed by atoms with Crippen molar-refractivity contribution < 1.29 is 13.6 Å². The Morgan fingerprint density at radius 1 is 1.19 bits per heavy atom. The van der Waals surface area contributed by atoms with Gasteiger partial charge in [-0.2, -0.15) is 5.10 Å². The number of aryl methyl sites for hydroxylation is 1. The van der Waals surface area contributed by atoms with Gasteiger partial charge in [0.05, 0.1) is 18.3 Å². The number of carbonyl (C=O) groups excluding carboxylic acids is 1. The largest absolute Gasteiger partial charge is 0.345 e. The van der Waals surface area contributed by atoms with Crippen LogP contribution in [0.25, 0.3) is 0 Å². The zero-order valence-electron chi connectivity index (χ0n) is 17.8. The number of halogens is 2. The van der Waals surface area contributed by atoms with E-state index in [9.17, 15) is 13.6 Å². The molecule has 2 unspecified atom stereocenters. The second kappa shape index (κ2) is 7.51. The predicted molar refractivity (Wildman–Crippen MR) is 112 cm³/mol. The second-order valence-corrected chi connectivity index (χ2v) is 9.23. The monoisotopic (exact) mass is 427 g/mol. The average Bonchev–Trinajstić information content (AvgIpc) is 3.49. The van der Waals surface area contributed by atoms with Crippen molar-refractivity contribution in [2.75, 3.05) is 24.5 Å². The summed E-state index contributed by atoms with van der Waals surface area (Å²) in [5.74, 6) is 0.208. The van der Waals surface area contributed by atoms with Gasteiger partial charge in [-0.25, -0.2) is 8.78 Å². The number of benzene rings is 1. The van der Waals surface area contributed by atoms with Crippen LogP contribution in [0.4, 0.5) is 14.6 Å². The zero-order chi connectivity index (χ0) is 21.8. The topological polar surface area (TPSA) is 61.4 Å². The predicted octanol–water partition coefficient (Wildman–Crippen LogP) is 2.77. The molecular formula is C23H27F2N5O. The highest BCUT2D eigenvalue weighted by atomic mass is 19.1. The van der Waals surface area contributed by atoms with E-state index in [0.29, 0.717) is 24.6 Å². The lowest BCUT2D eigenvalue weighted by molar-refractivity contribution is -0.131. The standard InChI is InChI=1S/C23H27F2N5O/c1-14-9-17-12-29(13-20(14)30(17)21-6-3-15(2)27-28-21)22(31)11-26-23(7-8-23)18-5-4-16(24)10-19(18)25/h3-6,10,14,17,20,26H,7-9,11-13H2,1-2H3/t14-,17?,20?/m0/s1. The van der Waals surface area contributed by atoms with Crippen molar-refractivity contribution in [3.63, 3.8) is 0 Å². The molecule has 1 saturated carbocycles. The molecule has 164 valence electrons. The Balaban J connectivity index is 1.25. The fourth-order valence-corrected chi connectivity index (χ4v) is 5.22. The summed E-state index contributed by atoms with van der Waals surface area (Å²) in [6, 6.07) is 8.08. The number of piperazine rings is 1. The molecule has 2 bridgehead atoms. The van der Waals surface area contributed by atoms with Crippen molar-refractivity contribution in [3.8, 4) is 0 Å². The van der Waals surface area contributed by atoms with Crippen LogP contribution in [0.15, 0.2) is 30.3 Å².